The maximum Gasteiger partial charge on any atom is 0.223 e. The van der Waals surface area contributed by atoms with Crippen LogP contribution in [0, 0.1) is 13.8 Å². The second-order valence-corrected chi connectivity index (χ2v) is 5.88. The van der Waals surface area contributed by atoms with E-state index in [1.165, 1.54) is 0 Å². The van der Waals surface area contributed by atoms with E-state index in [-0.39, 0.29) is 5.95 Å². The number of nitrogens with one attached hydrogen (secondary N) is 2. The van der Waals surface area contributed by atoms with Crippen molar-refractivity contribution in [1.29, 1.82) is 0 Å². The molecular weight excluding hydrogens is 330 g/mol. The summed E-state index contributed by atoms with van der Waals surface area (Å²) in [6.07, 6.45) is 1.03. The molecule has 1 heterocycles. The molecule has 6 heteroatoms. The Kier molecular flexibility index (Phi) is 5.01. The summed E-state index contributed by atoms with van der Waals surface area (Å²) >= 11 is 3.50. The van der Waals surface area contributed by atoms with Crippen molar-refractivity contribution in [3.63, 3.8) is 0 Å². The van der Waals surface area contributed by atoms with Crippen LogP contribution in [-0.4, -0.2) is 16.5 Å². The summed E-state index contributed by atoms with van der Waals surface area (Å²) in [5.74, 6) is 1.68. The molecule has 0 radical (unpaired) electrons. The predicted molar refractivity (Wildman–Crippen MR) is 92.1 cm³/mol. The summed E-state index contributed by atoms with van der Waals surface area (Å²) in [6, 6.07) is 6.00. The van der Waals surface area contributed by atoms with Crippen molar-refractivity contribution in [2.45, 2.75) is 27.2 Å². The van der Waals surface area contributed by atoms with Crippen molar-refractivity contribution in [1.82, 2.24) is 9.97 Å². The number of anilines is 4. The highest BCUT2D eigenvalue weighted by Gasteiger charge is 2.07. The highest BCUT2D eigenvalue weighted by molar-refractivity contribution is 9.10. The molecule has 0 atom stereocenters. The number of hydrogen-bond donors (Lipinski definition) is 3. The van der Waals surface area contributed by atoms with Gasteiger partial charge in [-0.3, -0.25) is 0 Å². The zero-order valence-corrected chi connectivity index (χ0v) is 14.1. The molecule has 4 N–H and O–H groups in total. The minimum atomic E-state index is 0.256. The highest BCUT2D eigenvalue weighted by Crippen LogP contribution is 2.28. The van der Waals surface area contributed by atoms with Gasteiger partial charge in [-0.25, -0.2) is 0 Å². The Morgan fingerprint density at radius 2 is 1.71 bits per heavy atom. The monoisotopic (exact) mass is 349 g/mol. The number of aromatic nitrogens is 2. The molecule has 0 bridgehead atoms. The van der Waals surface area contributed by atoms with Crippen LogP contribution >= 0.6 is 15.9 Å². The molecule has 0 aliphatic heterocycles. The van der Waals surface area contributed by atoms with Crippen LogP contribution in [0.4, 0.5) is 23.3 Å². The first-order chi connectivity index (χ1) is 9.99. The number of nitrogens with zero attached hydrogens (tertiary/aromatic N) is 2. The molecule has 0 aliphatic rings. The van der Waals surface area contributed by atoms with Crippen molar-refractivity contribution in [2.24, 2.45) is 0 Å². The van der Waals surface area contributed by atoms with E-state index < -0.39 is 0 Å². The zero-order valence-electron chi connectivity index (χ0n) is 12.5. The molecule has 0 unspecified atom stereocenters. The van der Waals surface area contributed by atoms with E-state index in [2.05, 4.69) is 69.4 Å². The van der Waals surface area contributed by atoms with Gasteiger partial charge in [-0.2, -0.15) is 9.97 Å². The van der Waals surface area contributed by atoms with Crippen LogP contribution in [0.2, 0.25) is 0 Å². The van der Waals surface area contributed by atoms with Gasteiger partial charge in [0.1, 0.15) is 11.6 Å². The van der Waals surface area contributed by atoms with Crippen molar-refractivity contribution < 1.29 is 0 Å². The van der Waals surface area contributed by atoms with E-state index in [1.54, 1.807) is 0 Å². The Morgan fingerprint density at radius 1 is 1.10 bits per heavy atom. The van der Waals surface area contributed by atoms with Crippen molar-refractivity contribution in [2.75, 3.05) is 22.9 Å². The van der Waals surface area contributed by atoms with E-state index in [1.807, 2.05) is 6.07 Å². The van der Waals surface area contributed by atoms with Crippen molar-refractivity contribution in [3.8, 4) is 0 Å². The van der Waals surface area contributed by atoms with E-state index >= 15 is 0 Å². The van der Waals surface area contributed by atoms with E-state index in [9.17, 15) is 0 Å². The van der Waals surface area contributed by atoms with Crippen LogP contribution in [0.25, 0.3) is 0 Å². The van der Waals surface area contributed by atoms with Crippen LogP contribution in [0.15, 0.2) is 22.7 Å². The van der Waals surface area contributed by atoms with Crippen LogP contribution in [0.1, 0.15) is 24.5 Å². The van der Waals surface area contributed by atoms with Gasteiger partial charge >= 0.3 is 0 Å². The average molecular weight is 350 g/mol. The van der Waals surface area contributed by atoms with E-state index in [0.29, 0.717) is 5.82 Å². The third-order valence-electron chi connectivity index (χ3n) is 3.05. The summed E-state index contributed by atoms with van der Waals surface area (Å²) in [5, 5.41) is 6.55. The number of halogens is 1. The van der Waals surface area contributed by atoms with Gasteiger partial charge < -0.3 is 16.4 Å². The number of rotatable bonds is 5. The van der Waals surface area contributed by atoms with Gasteiger partial charge in [-0.1, -0.05) is 22.9 Å². The molecular formula is C15H20BrN5. The van der Waals surface area contributed by atoms with Crippen LogP contribution in [0.5, 0.6) is 0 Å². The lowest BCUT2D eigenvalue weighted by atomic mass is 10.1. The molecule has 0 spiro atoms. The number of aryl methyl sites for hydroxylation is 2. The zero-order chi connectivity index (χ0) is 15.4. The topological polar surface area (TPSA) is 75.9 Å². The fourth-order valence-electron chi connectivity index (χ4n) is 2.11. The van der Waals surface area contributed by atoms with Gasteiger partial charge in [0.15, 0.2) is 0 Å². The fraction of sp³-hybridized carbons (Fsp3) is 0.333. The second kappa shape index (κ2) is 6.76. The molecule has 0 saturated carbocycles. The molecule has 0 saturated heterocycles. The highest BCUT2D eigenvalue weighted by atomic mass is 79.9. The summed E-state index contributed by atoms with van der Waals surface area (Å²) in [7, 11) is 0. The van der Waals surface area contributed by atoms with Crippen LogP contribution < -0.4 is 16.4 Å². The van der Waals surface area contributed by atoms with Gasteiger partial charge in [-0.15, -0.1) is 0 Å². The minimum absolute atomic E-state index is 0.256. The summed E-state index contributed by atoms with van der Waals surface area (Å²) in [4.78, 5) is 8.43. The molecule has 0 fully saturated rings. The van der Waals surface area contributed by atoms with Crippen molar-refractivity contribution in [3.05, 3.63) is 33.8 Å². The standard InChI is InChI=1S/C15H20BrN5/c1-4-5-18-12-8-13(21-15(17)20-12)19-14-9(2)6-11(16)7-10(14)3/h6-8H,4-5H2,1-3H3,(H4,17,18,19,20,21). The fourth-order valence-corrected chi connectivity index (χ4v) is 2.80. The first-order valence-corrected chi connectivity index (χ1v) is 7.71. The van der Waals surface area contributed by atoms with Crippen LogP contribution in [0.3, 0.4) is 0 Å². The first kappa shape index (κ1) is 15.6. The molecule has 21 heavy (non-hydrogen) atoms. The molecule has 2 aromatic rings. The molecule has 1 aromatic carbocycles. The van der Waals surface area contributed by atoms with Gasteiger partial charge in [0.2, 0.25) is 5.95 Å². The normalized spacial score (nSPS) is 10.5. The SMILES string of the molecule is CCCNc1cc(Nc2c(C)cc(Br)cc2C)nc(N)n1. The Morgan fingerprint density at radius 3 is 2.33 bits per heavy atom. The average Bonchev–Trinajstić information content (AvgIpc) is 2.40. The molecule has 2 rings (SSSR count). The number of hydrogen-bond acceptors (Lipinski definition) is 5. The molecule has 5 nitrogen and oxygen atoms in total. The van der Waals surface area contributed by atoms with E-state index in [0.717, 1.165) is 40.1 Å². The Balaban J connectivity index is 2.29. The van der Waals surface area contributed by atoms with Gasteiger partial charge in [0.25, 0.3) is 0 Å². The lowest BCUT2D eigenvalue weighted by Crippen LogP contribution is -2.07. The third-order valence-corrected chi connectivity index (χ3v) is 3.51. The molecule has 1 aromatic heterocycles. The lowest BCUT2D eigenvalue weighted by Gasteiger charge is -2.14. The minimum Gasteiger partial charge on any atom is -0.370 e. The van der Waals surface area contributed by atoms with Crippen molar-refractivity contribution >= 4 is 39.2 Å². The van der Waals surface area contributed by atoms with Gasteiger partial charge in [-0.05, 0) is 43.5 Å². The maximum absolute atomic E-state index is 5.78. The maximum atomic E-state index is 5.78. The smallest absolute Gasteiger partial charge is 0.223 e. The first-order valence-electron chi connectivity index (χ1n) is 6.91. The quantitative estimate of drug-likeness (QED) is 0.760. The Labute approximate surface area is 133 Å². The number of benzene rings is 1. The summed E-state index contributed by atoms with van der Waals surface area (Å²) in [5.41, 5.74) is 9.10. The summed E-state index contributed by atoms with van der Waals surface area (Å²) in [6.45, 7) is 7.07. The predicted octanol–water partition coefficient (Wildman–Crippen LogP) is 4.00. The number of nitrogen functional groups attached to an aromatic ring is 1. The largest absolute Gasteiger partial charge is 0.370 e. The Bertz CT molecular complexity index is 619. The van der Waals surface area contributed by atoms with E-state index in [4.69, 9.17) is 5.73 Å². The van der Waals surface area contributed by atoms with Gasteiger partial charge in [0, 0.05) is 22.8 Å². The third kappa shape index (κ3) is 4.07. The number of nitrogens with two attached hydrogens (primary N) is 1. The Hall–Kier alpha value is -1.82. The van der Waals surface area contributed by atoms with Gasteiger partial charge in [0.05, 0.1) is 0 Å². The molecule has 112 valence electrons. The second-order valence-electron chi connectivity index (χ2n) is 4.96. The summed E-state index contributed by atoms with van der Waals surface area (Å²) < 4.78 is 1.07. The molecule has 0 amide bonds. The van der Waals surface area contributed by atoms with Crippen LogP contribution in [-0.2, 0) is 0 Å². The molecule has 0 aliphatic carbocycles. The lowest BCUT2D eigenvalue weighted by molar-refractivity contribution is 0.967.